The molecule has 2 N–H and O–H groups in total. The zero-order chi connectivity index (χ0) is 20.3. The third-order valence-electron chi connectivity index (χ3n) is 4.66. The summed E-state index contributed by atoms with van der Waals surface area (Å²) >= 11 is 0. The second kappa shape index (κ2) is 10.9. The maximum absolute atomic E-state index is 13.0. The first-order valence-electron chi connectivity index (χ1n) is 9.69. The summed E-state index contributed by atoms with van der Waals surface area (Å²) in [5, 5.41) is 6.42. The Labute approximate surface area is 171 Å². The number of hydrogen-bond acceptors (Lipinski definition) is 5. The first-order chi connectivity index (χ1) is 14.3. The number of aromatic nitrogens is 2. The number of ether oxygens (including phenoxy) is 1. The van der Waals surface area contributed by atoms with Gasteiger partial charge in [0.05, 0.1) is 7.11 Å². The standard InChI is InChI=1S/C23H26N4O2/c1-29-21-7-3-2-6-20(21)22(26-15-11-19-5-4-12-25-17-19)23(28)27-16-10-18-8-13-24-14-9-18/h2-9,12-14,17,22,26H,10-11,15-16H2,1H3,(H,27,28). The Morgan fingerprint density at radius 3 is 2.48 bits per heavy atom. The molecule has 0 aliphatic carbocycles. The first-order valence-corrected chi connectivity index (χ1v) is 9.69. The van der Waals surface area contributed by atoms with Gasteiger partial charge < -0.3 is 15.4 Å². The van der Waals surface area contributed by atoms with Crippen LogP contribution in [-0.4, -0.2) is 36.1 Å². The second-order valence-electron chi connectivity index (χ2n) is 6.64. The number of carbonyl (C=O) groups is 1. The van der Waals surface area contributed by atoms with E-state index in [1.54, 1.807) is 25.7 Å². The van der Waals surface area contributed by atoms with Crippen molar-refractivity contribution in [3.63, 3.8) is 0 Å². The summed E-state index contributed by atoms with van der Waals surface area (Å²) in [6, 6.07) is 15.0. The van der Waals surface area contributed by atoms with Gasteiger partial charge in [-0.25, -0.2) is 0 Å². The first kappa shape index (κ1) is 20.5. The van der Waals surface area contributed by atoms with Crippen molar-refractivity contribution in [1.29, 1.82) is 0 Å². The van der Waals surface area contributed by atoms with E-state index in [9.17, 15) is 4.79 Å². The normalized spacial score (nSPS) is 11.6. The lowest BCUT2D eigenvalue weighted by molar-refractivity contribution is -0.123. The molecule has 0 bridgehead atoms. The lowest BCUT2D eigenvalue weighted by Crippen LogP contribution is -2.39. The quantitative estimate of drug-likeness (QED) is 0.557. The number of nitrogens with one attached hydrogen (secondary N) is 2. The van der Waals surface area contributed by atoms with Crippen LogP contribution in [0.2, 0.25) is 0 Å². The smallest absolute Gasteiger partial charge is 0.241 e. The van der Waals surface area contributed by atoms with E-state index in [4.69, 9.17) is 4.74 Å². The topological polar surface area (TPSA) is 76.1 Å². The predicted octanol–water partition coefficient (Wildman–Crippen LogP) is 2.72. The van der Waals surface area contributed by atoms with E-state index >= 15 is 0 Å². The molecule has 6 nitrogen and oxygen atoms in total. The van der Waals surface area contributed by atoms with E-state index in [1.807, 2.05) is 54.7 Å². The molecular weight excluding hydrogens is 364 g/mol. The third kappa shape index (κ3) is 6.12. The highest BCUT2D eigenvalue weighted by atomic mass is 16.5. The Balaban J connectivity index is 1.65. The summed E-state index contributed by atoms with van der Waals surface area (Å²) in [5.74, 6) is 0.616. The Morgan fingerprint density at radius 1 is 0.931 bits per heavy atom. The molecule has 150 valence electrons. The average Bonchev–Trinajstić information content (AvgIpc) is 2.78. The summed E-state index contributed by atoms with van der Waals surface area (Å²) in [7, 11) is 1.62. The van der Waals surface area contributed by atoms with Gasteiger partial charge in [-0.2, -0.15) is 0 Å². The molecule has 1 unspecified atom stereocenters. The number of para-hydroxylation sites is 1. The summed E-state index contributed by atoms with van der Waals surface area (Å²) in [4.78, 5) is 21.2. The molecule has 0 aliphatic rings. The number of pyridine rings is 2. The minimum absolute atomic E-state index is 0.0743. The number of amides is 1. The zero-order valence-electron chi connectivity index (χ0n) is 16.5. The molecule has 0 aliphatic heterocycles. The number of benzene rings is 1. The monoisotopic (exact) mass is 390 g/mol. The predicted molar refractivity (Wildman–Crippen MR) is 113 cm³/mol. The number of carbonyl (C=O) groups excluding carboxylic acids is 1. The number of rotatable bonds is 10. The van der Waals surface area contributed by atoms with Gasteiger partial charge >= 0.3 is 0 Å². The van der Waals surface area contributed by atoms with Crippen LogP contribution in [0.5, 0.6) is 5.75 Å². The molecule has 0 fully saturated rings. The minimum Gasteiger partial charge on any atom is -0.496 e. The van der Waals surface area contributed by atoms with Crippen molar-refractivity contribution in [1.82, 2.24) is 20.6 Å². The zero-order valence-corrected chi connectivity index (χ0v) is 16.5. The fourth-order valence-electron chi connectivity index (χ4n) is 3.14. The number of methoxy groups -OCH3 is 1. The Bertz CT molecular complexity index is 888. The Morgan fingerprint density at radius 2 is 1.72 bits per heavy atom. The van der Waals surface area contributed by atoms with Crippen LogP contribution in [0.3, 0.4) is 0 Å². The van der Waals surface area contributed by atoms with Crippen LogP contribution >= 0.6 is 0 Å². The van der Waals surface area contributed by atoms with E-state index in [0.29, 0.717) is 18.8 Å². The van der Waals surface area contributed by atoms with Crippen LogP contribution in [0.25, 0.3) is 0 Å². The van der Waals surface area contributed by atoms with Gasteiger partial charge in [0.25, 0.3) is 0 Å². The van der Waals surface area contributed by atoms with Crippen molar-refractivity contribution in [3.8, 4) is 5.75 Å². The molecule has 0 spiro atoms. The van der Waals surface area contributed by atoms with Crippen LogP contribution in [0.4, 0.5) is 0 Å². The highest BCUT2D eigenvalue weighted by molar-refractivity contribution is 5.84. The largest absolute Gasteiger partial charge is 0.496 e. The van der Waals surface area contributed by atoms with E-state index in [2.05, 4.69) is 20.6 Å². The van der Waals surface area contributed by atoms with Crippen molar-refractivity contribution < 1.29 is 9.53 Å². The lowest BCUT2D eigenvalue weighted by atomic mass is 10.0. The Kier molecular flexibility index (Phi) is 7.72. The third-order valence-corrected chi connectivity index (χ3v) is 4.66. The molecule has 2 aromatic heterocycles. The van der Waals surface area contributed by atoms with E-state index < -0.39 is 6.04 Å². The SMILES string of the molecule is COc1ccccc1C(NCCc1cccnc1)C(=O)NCCc1ccncc1. The fourth-order valence-corrected chi connectivity index (χ4v) is 3.14. The van der Waals surface area contributed by atoms with Gasteiger partial charge in [-0.15, -0.1) is 0 Å². The molecule has 0 saturated heterocycles. The van der Waals surface area contributed by atoms with Gasteiger partial charge in [0, 0.05) is 43.4 Å². The van der Waals surface area contributed by atoms with Crippen molar-refractivity contribution in [2.45, 2.75) is 18.9 Å². The molecule has 0 saturated carbocycles. The summed E-state index contributed by atoms with van der Waals surface area (Å²) in [6.45, 7) is 1.20. The van der Waals surface area contributed by atoms with Crippen molar-refractivity contribution in [2.75, 3.05) is 20.2 Å². The minimum atomic E-state index is -0.500. The maximum atomic E-state index is 13.0. The molecule has 1 aromatic carbocycles. The highest BCUT2D eigenvalue weighted by Crippen LogP contribution is 2.25. The number of hydrogen-bond donors (Lipinski definition) is 2. The van der Waals surface area contributed by atoms with E-state index in [-0.39, 0.29) is 5.91 Å². The van der Waals surface area contributed by atoms with E-state index in [0.717, 1.165) is 29.5 Å². The van der Waals surface area contributed by atoms with Crippen molar-refractivity contribution >= 4 is 5.91 Å². The van der Waals surface area contributed by atoms with Gasteiger partial charge in [0.2, 0.25) is 5.91 Å². The van der Waals surface area contributed by atoms with Gasteiger partial charge in [0.15, 0.2) is 0 Å². The molecule has 6 heteroatoms. The van der Waals surface area contributed by atoms with E-state index in [1.165, 1.54) is 0 Å². The Hall–Kier alpha value is -3.25. The van der Waals surface area contributed by atoms with Crippen molar-refractivity contribution in [3.05, 3.63) is 90.0 Å². The average molecular weight is 390 g/mol. The van der Waals surface area contributed by atoms with Crippen LogP contribution in [0.1, 0.15) is 22.7 Å². The van der Waals surface area contributed by atoms with Crippen LogP contribution in [0.15, 0.2) is 73.3 Å². The maximum Gasteiger partial charge on any atom is 0.241 e. The highest BCUT2D eigenvalue weighted by Gasteiger charge is 2.22. The molecule has 1 amide bonds. The molecule has 3 aromatic rings. The van der Waals surface area contributed by atoms with Gasteiger partial charge in [-0.3, -0.25) is 14.8 Å². The summed E-state index contributed by atoms with van der Waals surface area (Å²) in [6.07, 6.45) is 8.65. The molecule has 3 rings (SSSR count). The lowest BCUT2D eigenvalue weighted by Gasteiger charge is -2.21. The second-order valence-corrected chi connectivity index (χ2v) is 6.64. The molecular formula is C23H26N4O2. The molecule has 0 radical (unpaired) electrons. The van der Waals surface area contributed by atoms with Crippen LogP contribution < -0.4 is 15.4 Å². The van der Waals surface area contributed by atoms with Gasteiger partial charge in [-0.1, -0.05) is 24.3 Å². The molecule has 29 heavy (non-hydrogen) atoms. The van der Waals surface area contributed by atoms with Crippen LogP contribution in [0, 0.1) is 0 Å². The number of nitrogens with zero attached hydrogens (tertiary/aromatic N) is 2. The van der Waals surface area contributed by atoms with Crippen LogP contribution in [-0.2, 0) is 17.6 Å². The van der Waals surface area contributed by atoms with Crippen molar-refractivity contribution in [2.24, 2.45) is 0 Å². The summed E-state index contributed by atoms with van der Waals surface area (Å²) < 4.78 is 5.48. The molecule has 2 heterocycles. The summed E-state index contributed by atoms with van der Waals surface area (Å²) in [5.41, 5.74) is 3.08. The molecule has 1 atom stereocenters. The van der Waals surface area contributed by atoms with Gasteiger partial charge in [0.1, 0.15) is 11.8 Å². The van der Waals surface area contributed by atoms with Gasteiger partial charge in [-0.05, 0) is 48.2 Å². The fraction of sp³-hybridized carbons (Fsp3) is 0.261.